The van der Waals surface area contributed by atoms with Crippen LogP contribution in [-0.4, -0.2) is 49.7 Å². The molecule has 2 unspecified atom stereocenters. The van der Waals surface area contributed by atoms with E-state index < -0.39 is 0 Å². The molecule has 5 heteroatoms. The van der Waals surface area contributed by atoms with Gasteiger partial charge in [-0.25, -0.2) is 0 Å². The molecule has 124 valence electrons. The molecular formula is C16H31ClN2O2. The van der Waals surface area contributed by atoms with Gasteiger partial charge in [0.25, 0.3) is 5.91 Å². The molecule has 0 aromatic carbocycles. The van der Waals surface area contributed by atoms with Crippen molar-refractivity contribution in [1.29, 1.82) is 0 Å². The van der Waals surface area contributed by atoms with Gasteiger partial charge in [0.05, 0.1) is 6.10 Å². The number of nitrogens with zero attached hydrogens (tertiary/aromatic N) is 1. The van der Waals surface area contributed by atoms with Crippen LogP contribution in [0.1, 0.15) is 51.9 Å². The minimum atomic E-state index is -0.216. The first kappa shape index (κ1) is 18.7. The average Bonchev–Trinajstić information content (AvgIpc) is 2.98. The number of nitrogens with one attached hydrogen (secondary N) is 1. The lowest BCUT2D eigenvalue weighted by molar-refractivity contribution is -0.149. The molecule has 2 rings (SSSR count). The van der Waals surface area contributed by atoms with Crippen LogP contribution in [0, 0.1) is 5.92 Å². The van der Waals surface area contributed by atoms with Gasteiger partial charge in [-0.1, -0.05) is 19.8 Å². The zero-order valence-corrected chi connectivity index (χ0v) is 14.3. The first-order valence-electron chi connectivity index (χ1n) is 8.33. The minimum absolute atomic E-state index is 0. The third kappa shape index (κ3) is 5.42. The molecule has 1 amide bonds. The Morgan fingerprint density at radius 3 is 2.62 bits per heavy atom. The van der Waals surface area contributed by atoms with E-state index in [0.717, 1.165) is 45.3 Å². The summed E-state index contributed by atoms with van der Waals surface area (Å²) in [6, 6.07) is 0. The van der Waals surface area contributed by atoms with Crippen molar-refractivity contribution >= 4 is 18.3 Å². The largest absolute Gasteiger partial charge is 0.365 e. The normalized spacial score (nSPS) is 24.7. The predicted octanol–water partition coefficient (Wildman–Crippen LogP) is 2.60. The number of likely N-dealkylation sites (tertiary alicyclic amines) is 1. The molecule has 0 bridgehead atoms. The number of carbonyl (C=O) groups excluding carboxylic acids is 1. The topological polar surface area (TPSA) is 41.6 Å². The third-order valence-electron chi connectivity index (χ3n) is 4.63. The lowest BCUT2D eigenvalue weighted by Crippen LogP contribution is -2.47. The Balaban J connectivity index is 0.00000220. The number of hydrogen-bond acceptors (Lipinski definition) is 3. The Morgan fingerprint density at radius 2 is 2.00 bits per heavy atom. The van der Waals surface area contributed by atoms with Crippen LogP contribution in [0.2, 0.25) is 0 Å². The van der Waals surface area contributed by atoms with Gasteiger partial charge in [-0.15, -0.1) is 12.4 Å². The van der Waals surface area contributed by atoms with E-state index in [9.17, 15) is 4.79 Å². The van der Waals surface area contributed by atoms with Gasteiger partial charge < -0.3 is 15.0 Å². The van der Waals surface area contributed by atoms with Gasteiger partial charge in [0.1, 0.15) is 6.10 Å². The molecular weight excluding hydrogens is 288 g/mol. The van der Waals surface area contributed by atoms with E-state index in [4.69, 9.17) is 4.74 Å². The Labute approximate surface area is 135 Å². The van der Waals surface area contributed by atoms with Crippen LogP contribution < -0.4 is 5.32 Å². The fourth-order valence-corrected chi connectivity index (χ4v) is 3.51. The van der Waals surface area contributed by atoms with Crippen LogP contribution >= 0.6 is 12.4 Å². The smallest absolute Gasteiger partial charge is 0.251 e. The molecule has 1 N–H and O–H groups in total. The molecule has 1 heterocycles. The van der Waals surface area contributed by atoms with Crippen LogP contribution in [0.15, 0.2) is 0 Å². The molecule has 2 aliphatic rings. The summed E-state index contributed by atoms with van der Waals surface area (Å²) in [5, 5.41) is 3.23. The Morgan fingerprint density at radius 1 is 1.29 bits per heavy atom. The van der Waals surface area contributed by atoms with E-state index >= 15 is 0 Å². The fraction of sp³-hybridized carbons (Fsp3) is 0.938. The van der Waals surface area contributed by atoms with E-state index in [1.807, 2.05) is 11.9 Å². The lowest BCUT2D eigenvalue weighted by atomic mass is 9.97. The van der Waals surface area contributed by atoms with Crippen molar-refractivity contribution in [3.8, 4) is 0 Å². The van der Waals surface area contributed by atoms with E-state index in [2.05, 4.69) is 12.2 Å². The van der Waals surface area contributed by atoms with E-state index in [-0.39, 0.29) is 24.4 Å². The van der Waals surface area contributed by atoms with Gasteiger partial charge in [-0.2, -0.15) is 0 Å². The molecule has 1 saturated carbocycles. The summed E-state index contributed by atoms with van der Waals surface area (Å²) in [6.45, 7) is 4.87. The molecule has 2 fully saturated rings. The quantitative estimate of drug-likeness (QED) is 0.818. The number of amides is 1. The summed E-state index contributed by atoms with van der Waals surface area (Å²) in [4.78, 5) is 14.7. The first-order chi connectivity index (χ1) is 9.74. The van der Waals surface area contributed by atoms with Crippen LogP contribution in [0.25, 0.3) is 0 Å². The van der Waals surface area contributed by atoms with E-state index in [1.54, 1.807) is 0 Å². The van der Waals surface area contributed by atoms with Crippen LogP contribution in [-0.2, 0) is 9.53 Å². The summed E-state index contributed by atoms with van der Waals surface area (Å²) in [5.74, 6) is 0.821. The highest BCUT2D eigenvalue weighted by Gasteiger charge is 2.30. The maximum atomic E-state index is 12.6. The highest BCUT2D eigenvalue weighted by molar-refractivity contribution is 5.85. The zero-order valence-electron chi connectivity index (χ0n) is 13.5. The van der Waals surface area contributed by atoms with Gasteiger partial charge in [0.2, 0.25) is 0 Å². The SMILES string of the molecule is CCC(OC1CCCC1)C(=O)N1CCCC(CNC)C1.Cl. The van der Waals surface area contributed by atoms with Gasteiger partial charge >= 0.3 is 0 Å². The molecule has 0 radical (unpaired) electrons. The van der Waals surface area contributed by atoms with Crippen molar-refractivity contribution in [2.45, 2.75) is 64.1 Å². The van der Waals surface area contributed by atoms with E-state index in [1.165, 1.54) is 19.3 Å². The van der Waals surface area contributed by atoms with Crippen molar-refractivity contribution in [2.24, 2.45) is 5.92 Å². The average molecular weight is 319 g/mol. The van der Waals surface area contributed by atoms with Crippen molar-refractivity contribution in [1.82, 2.24) is 10.2 Å². The molecule has 21 heavy (non-hydrogen) atoms. The number of halogens is 1. The molecule has 0 spiro atoms. The Kier molecular flexibility index (Phi) is 8.60. The van der Waals surface area contributed by atoms with Gasteiger partial charge in [0, 0.05) is 13.1 Å². The van der Waals surface area contributed by atoms with Crippen molar-refractivity contribution < 1.29 is 9.53 Å². The second-order valence-corrected chi connectivity index (χ2v) is 6.29. The molecule has 0 aromatic rings. The fourth-order valence-electron chi connectivity index (χ4n) is 3.51. The first-order valence-corrected chi connectivity index (χ1v) is 8.33. The minimum Gasteiger partial charge on any atom is -0.365 e. The molecule has 4 nitrogen and oxygen atoms in total. The summed E-state index contributed by atoms with van der Waals surface area (Å²) >= 11 is 0. The van der Waals surface area contributed by atoms with Gasteiger partial charge in [0.15, 0.2) is 0 Å². The standard InChI is InChI=1S/C16H30N2O2.ClH/c1-3-15(20-14-8-4-5-9-14)16(19)18-10-6-7-13(12-18)11-17-2;/h13-15,17H,3-12H2,1-2H3;1H. The highest BCUT2D eigenvalue weighted by atomic mass is 35.5. The molecule has 0 aromatic heterocycles. The molecule has 1 aliphatic carbocycles. The van der Waals surface area contributed by atoms with Crippen molar-refractivity contribution in [3.63, 3.8) is 0 Å². The van der Waals surface area contributed by atoms with Crippen LogP contribution in [0.5, 0.6) is 0 Å². The third-order valence-corrected chi connectivity index (χ3v) is 4.63. The number of ether oxygens (including phenoxy) is 1. The second kappa shape index (κ2) is 9.65. The Bertz CT molecular complexity index is 307. The van der Waals surface area contributed by atoms with Gasteiger partial charge in [-0.05, 0) is 51.6 Å². The predicted molar refractivity (Wildman–Crippen MR) is 87.9 cm³/mol. The van der Waals surface area contributed by atoms with Crippen LogP contribution in [0.3, 0.4) is 0 Å². The number of piperidine rings is 1. The zero-order chi connectivity index (χ0) is 14.4. The molecule has 1 saturated heterocycles. The summed E-state index contributed by atoms with van der Waals surface area (Å²) in [5.41, 5.74) is 0. The highest BCUT2D eigenvalue weighted by Crippen LogP contribution is 2.24. The monoisotopic (exact) mass is 318 g/mol. The number of rotatable bonds is 6. The van der Waals surface area contributed by atoms with Crippen molar-refractivity contribution in [2.75, 3.05) is 26.7 Å². The van der Waals surface area contributed by atoms with Crippen LogP contribution in [0.4, 0.5) is 0 Å². The molecule has 1 aliphatic heterocycles. The lowest BCUT2D eigenvalue weighted by Gasteiger charge is -2.35. The summed E-state index contributed by atoms with van der Waals surface area (Å²) in [6.07, 6.45) is 8.02. The van der Waals surface area contributed by atoms with E-state index in [0.29, 0.717) is 12.0 Å². The maximum Gasteiger partial charge on any atom is 0.251 e. The van der Waals surface area contributed by atoms with Gasteiger partial charge in [-0.3, -0.25) is 4.79 Å². The maximum absolute atomic E-state index is 12.6. The van der Waals surface area contributed by atoms with Crippen molar-refractivity contribution in [3.05, 3.63) is 0 Å². The Hall–Kier alpha value is -0.320. The second-order valence-electron chi connectivity index (χ2n) is 6.29. The number of hydrogen-bond donors (Lipinski definition) is 1. The summed E-state index contributed by atoms with van der Waals surface area (Å²) < 4.78 is 6.06. The number of carbonyl (C=O) groups is 1. The summed E-state index contributed by atoms with van der Waals surface area (Å²) in [7, 11) is 1.98. The molecule has 2 atom stereocenters.